The van der Waals surface area contributed by atoms with Crippen molar-refractivity contribution in [3.63, 3.8) is 0 Å². The highest BCUT2D eigenvalue weighted by atomic mass is 32.2. The van der Waals surface area contributed by atoms with Crippen LogP contribution >= 0.6 is 11.8 Å². The third-order valence-electron chi connectivity index (χ3n) is 5.58. The Kier molecular flexibility index (Phi) is 5.81. The number of hydrogen-bond acceptors (Lipinski definition) is 5. The van der Waals surface area contributed by atoms with Crippen LogP contribution in [0.4, 0.5) is 5.69 Å². The number of anilines is 1. The summed E-state index contributed by atoms with van der Waals surface area (Å²) in [6.07, 6.45) is 5.50. The highest BCUT2D eigenvalue weighted by molar-refractivity contribution is 7.98. The Morgan fingerprint density at radius 1 is 1.16 bits per heavy atom. The average Bonchev–Trinajstić information content (AvgIpc) is 3.44. The van der Waals surface area contributed by atoms with Crippen LogP contribution in [0.3, 0.4) is 0 Å². The number of imidazole rings is 1. The Morgan fingerprint density at radius 3 is 2.81 bits per heavy atom. The van der Waals surface area contributed by atoms with Crippen molar-refractivity contribution >= 4 is 23.4 Å². The summed E-state index contributed by atoms with van der Waals surface area (Å²) in [5, 5.41) is 6.94. The number of fused-ring (bicyclic) bond motifs is 1. The van der Waals surface area contributed by atoms with E-state index < -0.39 is 0 Å². The van der Waals surface area contributed by atoms with E-state index in [1.807, 2.05) is 67.7 Å². The van der Waals surface area contributed by atoms with Gasteiger partial charge in [-0.25, -0.2) is 4.98 Å². The van der Waals surface area contributed by atoms with Crippen molar-refractivity contribution in [1.29, 1.82) is 0 Å². The summed E-state index contributed by atoms with van der Waals surface area (Å²) in [6, 6.07) is 17.4. The fourth-order valence-corrected chi connectivity index (χ4v) is 4.91. The van der Waals surface area contributed by atoms with E-state index in [0.29, 0.717) is 11.3 Å². The van der Waals surface area contributed by atoms with Gasteiger partial charge in [0, 0.05) is 40.6 Å². The average molecular weight is 445 g/mol. The zero-order valence-corrected chi connectivity index (χ0v) is 18.7. The molecule has 0 aliphatic carbocycles. The van der Waals surface area contributed by atoms with Crippen molar-refractivity contribution in [2.24, 2.45) is 0 Å². The van der Waals surface area contributed by atoms with Crippen LogP contribution in [0.1, 0.15) is 40.3 Å². The van der Waals surface area contributed by atoms with Crippen molar-refractivity contribution in [3.8, 4) is 11.4 Å². The van der Waals surface area contributed by atoms with Gasteiger partial charge in [-0.3, -0.25) is 4.79 Å². The van der Waals surface area contributed by atoms with Crippen molar-refractivity contribution in [2.45, 2.75) is 43.4 Å². The molecule has 0 fully saturated rings. The van der Waals surface area contributed by atoms with Gasteiger partial charge in [0.2, 0.25) is 0 Å². The quantitative estimate of drug-likeness (QED) is 0.385. The topological polar surface area (TPSA) is 73.0 Å². The first-order chi connectivity index (χ1) is 15.7. The molecule has 3 heterocycles. The molecule has 162 valence electrons. The van der Waals surface area contributed by atoms with Crippen LogP contribution in [0.25, 0.3) is 11.4 Å². The first-order valence-corrected chi connectivity index (χ1v) is 11.8. The molecule has 1 aliphatic rings. The molecule has 0 saturated carbocycles. The number of carbonyl (C=O) groups excluding carboxylic acids is 1. The molecule has 2 aromatic carbocycles. The van der Waals surface area contributed by atoms with Gasteiger partial charge in [0.25, 0.3) is 5.91 Å². The van der Waals surface area contributed by atoms with Crippen LogP contribution < -0.4 is 5.32 Å². The molecular weight excluding hydrogens is 420 g/mol. The van der Waals surface area contributed by atoms with Gasteiger partial charge in [-0.05, 0) is 62.6 Å². The first-order valence-electron chi connectivity index (χ1n) is 10.8. The second-order valence-corrected chi connectivity index (χ2v) is 8.95. The van der Waals surface area contributed by atoms with Crippen LogP contribution in [0.5, 0.6) is 0 Å². The Bertz CT molecular complexity index is 1240. The lowest BCUT2D eigenvalue weighted by Gasteiger charge is -2.16. The van der Waals surface area contributed by atoms with E-state index in [2.05, 4.69) is 20.0 Å². The van der Waals surface area contributed by atoms with Gasteiger partial charge in [0.1, 0.15) is 11.6 Å². The molecular formula is C25H24N4O2S. The smallest absolute Gasteiger partial charge is 0.256 e. The Balaban J connectivity index is 1.29. The Morgan fingerprint density at radius 2 is 2.00 bits per heavy atom. The van der Waals surface area contributed by atoms with Crippen molar-refractivity contribution in [2.75, 3.05) is 5.32 Å². The molecule has 1 aliphatic heterocycles. The van der Waals surface area contributed by atoms with Crippen LogP contribution in [-0.4, -0.2) is 20.6 Å². The third kappa shape index (κ3) is 4.34. The normalized spacial score (nSPS) is 13.0. The van der Waals surface area contributed by atoms with Gasteiger partial charge in [-0.15, -0.1) is 11.8 Å². The zero-order valence-electron chi connectivity index (χ0n) is 17.9. The molecule has 0 atom stereocenters. The lowest BCUT2D eigenvalue weighted by molar-refractivity contribution is 0.102. The summed E-state index contributed by atoms with van der Waals surface area (Å²) in [6.45, 7) is 2.91. The molecule has 32 heavy (non-hydrogen) atoms. The number of rotatable bonds is 6. The summed E-state index contributed by atoms with van der Waals surface area (Å²) in [5.74, 6) is 2.28. The molecule has 4 aromatic rings. The fourth-order valence-electron chi connectivity index (χ4n) is 3.98. The van der Waals surface area contributed by atoms with E-state index >= 15 is 0 Å². The van der Waals surface area contributed by atoms with Gasteiger partial charge >= 0.3 is 0 Å². The van der Waals surface area contributed by atoms with Gasteiger partial charge in [-0.2, -0.15) is 0 Å². The number of thioether (sulfide) groups is 1. The number of nitrogens with zero attached hydrogens (tertiary/aromatic N) is 3. The van der Waals surface area contributed by atoms with Gasteiger partial charge < -0.3 is 14.4 Å². The van der Waals surface area contributed by atoms with Crippen LogP contribution in [0, 0.1) is 6.92 Å². The molecule has 0 radical (unpaired) electrons. The minimum atomic E-state index is -0.132. The van der Waals surface area contributed by atoms with E-state index in [0.717, 1.165) is 46.4 Å². The van der Waals surface area contributed by atoms with E-state index in [1.165, 1.54) is 18.5 Å². The summed E-state index contributed by atoms with van der Waals surface area (Å²) < 4.78 is 7.59. The number of nitrogens with one attached hydrogen (secondary N) is 1. The standard InChI is InChI=1S/C25H24N4O2S/c1-17-14-21(31-28-17)16-32-23-8-3-2-7-22(23)25(30)27-19-11-9-18(10-12-19)24-26-15-20-6-4-5-13-29(20)24/h2-3,7-12,14-15H,4-6,13,16H2,1H3,(H,27,30). The van der Waals surface area contributed by atoms with Crippen molar-refractivity contribution in [3.05, 3.63) is 83.5 Å². The van der Waals surface area contributed by atoms with E-state index in [9.17, 15) is 4.79 Å². The molecule has 0 spiro atoms. The van der Waals surface area contributed by atoms with Gasteiger partial charge in [0.05, 0.1) is 17.0 Å². The minimum absolute atomic E-state index is 0.132. The van der Waals surface area contributed by atoms with Crippen molar-refractivity contribution in [1.82, 2.24) is 14.7 Å². The highest BCUT2D eigenvalue weighted by Gasteiger charge is 2.16. The third-order valence-corrected chi connectivity index (χ3v) is 6.68. The minimum Gasteiger partial charge on any atom is -0.360 e. The molecule has 1 N–H and O–H groups in total. The summed E-state index contributed by atoms with van der Waals surface area (Å²) in [4.78, 5) is 18.5. The summed E-state index contributed by atoms with van der Waals surface area (Å²) in [5.41, 5.74) is 4.62. The number of hydrogen-bond donors (Lipinski definition) is 1. The van der Waals surface area contributed by atoms with Gasteiger partial charge in [-0.1, -0.05) is 17.3 Å². The molecule has 1 amide bonds. The maximum absolute atomic E-state index is 13.0. The highest BCUT2D eigenvalue weighted by Crippen LogP contribution is 2.28. The van der Waals surface area contributed by atoms with Crippen LogP contribution in [0.2, 0.25) is 0 Å². The SMILES string of the molecule is Cc1cc(CSc2ccccc2C(=O)Nc2ccc(-c3ncc4n3CCCC4)cc2)on1. The molecule has 5 rings (SSSR count). The van der Waals surface area contributed by atoms with Crippen LogP contribution in [0.15, 0.2) is 70.2 Å². The van der Waals surface area contributed by atoms with Crippen molar-refractivity contribution < 1.29 is 9.32 Å². The maximum atomic E-state index is 13.0. The number of amides is 1. The molecule has 6 nitrogen and oxygen atoms in total. The number of aromatic nitrogens is 3. The zero-order chi connectivity index (χ0) is 21.9. The summed E-state index contributed by atoms with van der Waals surface area (Å²) in [7, 11) is 0. The lowest BCUT2D eigenvalue weighted by Crippen LogP contribution is -2.13. The molecule has 0 unspecified atom stereocenters. The predicted octanol–water partition coefficient (Wildman–Crippen LogP) is 5.73. The molecule has 0 saturated heterocycles. The largest absolute Gasteiger partial charge is 0.360 e. The van der Waals surface area contributed by atoms with Gasteiger partial charge in [0.15, 0.2) is 0 Å². The van der Waals surface area contributed by atoms with Crippen LogP contribution in [-0.2, 0) is 18.7 Å². The number of aryl methyl sites for hydroxylation is 2. The first kappa shape index (κ1) is 20.6. The maximum Gasteiger partial charge on any atom is 0.256 e. The number of benzene rings is 2. The predicted molar refractivity (Wildman–Crippen MR) is 126 cm³/mol. The molecule has 0 bridgehead atoms. The molecule has 2 aromatic heterocycles. The second-order valence-electron chi connectivity index (χ2n) is 7.93. The van der Waals surface area contributed by atoms with E-state index in [4.69, 9.17) is 4.52 Å². The summed E-state index contributed by atoms with van der Waals surface area (Å²) >= 11 is 1.56. The Labute approximate surface area is 191 Å². The Hall–Kier alpha value is -3.32. The molecule has 7 heteroatoms. The van der Waals surface area contributed by atoms with E-state index in [-0.39, 0.29) is 5.91 Å². The number of carbonyl (C=O) groups is 1. The second kappa shape index (κ2) is 9.04. The fraction of sp³-hybridized carbons (Fsp3) is 0.240. The monoisotopic (exact) mass is 444 g/mol. The lowest BCUT2D eigenvalue weighted by atomic mass is 10.1. The van der Waals surface area contributed by atoms with E-state index in [1.54, 1.807) is 11.8 Å².